The van der Waals surface area contributed by atoms with Crippen LogP contribution in [-0.4, -0.2) is 45.7 Å². The zero-order chi connectivity index (χ0) is 20.1. The van der Waals surface area contributed by atoms with Crippen LogP contribution in [0.25, 0.3) is 6.08 Å². The number of hydrogen-bond donors (Lipinski definition) is 2. The first-order valence-corrected chi connectivity index (χ1v) is 10.4. The highest BCUT2D eigenvalue weighted by molar-refractivity contribution is 8.18. The third-order valence-electron chi connectivity index (χ3n) is 4.99. The quantitative estimate of drug-likeness (QED) is 0.699. The molecule has 2 fully saturated rings. The highest BCUT2D eigenvalue weighted by atomic mass is 32.2. The van der Waals surface area contributed by atoms with Gasteiger partial charge in [0.05, 0.1) is 10.6 Å². The second-order valence-electron chi connectivity index (χ2n) is 7.05. The van der Waals surface area contributed by atoms with E-state index in [1.54, 1.807) is 18.3 Å². The monoisotopic (exact) mass is 410 g/mol. The molecule has 0 aliphatic carbocycles. The minimum Gasteiger partial charge on any atom is -0.341 e. The van der Waals surface area contributed by atoms with Crippen LogP contribution in [0.5, 0.6) is 0 Å². The molecule has 0 saturated carbocycles. The third-order valence-corrected chi connectivity index (χ3v) is 5.80. The summed E-state index contributed by atoms with van der Waals surface area (Å²) in [6.07, 6.45) is 9.10. The average Bonchev–Trinajstić information content (AvgIpc) is 3.06. The number of carbonyl (C=O) groups is 2. The van der Waals surface area contributed by atoms with E-state index in [1.807, 2.05) is 24.5 Å². The Bertz CT molecular complexity index is 912. The van der Waals surface area contributed by atoms with E-state index in [0.717, 1.165) is 50.8 Å². The lowest BCUT2D eigenvalue weighted by Gasteiger charge is -2.32. The van der Waals surface area contributed by atoms with E-state index in [-0.39, 0.29) is 11.1 Å². The fourth-order valence-corrected chi connectivity index (χ4v) is 4.08. The molecule has 2 aliphatic rings. The number of carbonyl (C=O) groups excluding carboxylic acids is 2. The van der Waals surface area contributed by atoms with Crippen molar-refractivity contribution in [3.8, 4) is 0 Å². The molecule has 9 heteroatoms. The van der Waals surface area contributed by atoms with Crippen LogP contribution in [0, 0.1) is 5.92 Å². The lowest BCUT2D eigenvalue weighted by Crippen LogP contribution is -2.38. The van der Waals surface area contributed by atoms with Gasteiger partial charge in [-0.3, -0.25) is 19.9 Å². The lowest BCUT2D eigenvalue weighted by molar-refractivity contribution is -0.115. The largest absolute Gasteiger partial charge is 0.341 e. The van der Waals surface area contributed by atoms with Crippen LogP contribution >= 0.6 is 11.8 Å². The Hall–Kier alpha value is -2.78. The molecule has 2 aromatic rings. The molecule has 2 aliphatic heterocycles. The average molecular weight is 411 g/mol. The number of amides is 2. The summed E-state index contributed by atoms with van der Waals surface area (Å²) in [4.78, 5) is 38.5. The van der Waals surface area contributed by atoms with E-state index < -0.39 is 0 Å². The van der Waals surface area contributed by atoms with E-state index >= 15 is 0 Å². The number of anilines is 1. The van der Waals surface area contributed by atoms with Gasteiger partial charge >= 0.3 is 0 Å². The zero-order valence-electron chi connectivity index (χ0n) is 15.9. The molecule has 4 rings (SSSR count). The summed E-state index contributed by atoms with van der Waals surface area (Å²) in [5.74, 6) is 0.917. The Kier molecular flexibility index (Phi) is 6.16. The SMILES string of the molecule is O=C1NC(=O)/C(=C\c2ccnc(N3CCC(CNCc4ccncc4)CC3)n2)S1. The van der Waals surface area contributed by atoms with Crippen molar-refractivity contribution in [2.75, 3.05) is 24.5 Å². The van der Waals surface area contributed by atoms with Gasteiger partial charge in [0.1, 0.15) is 0 Å². The predicted octanol–water partition coefficient (Wildman–Crippen LogP) is 2.20. The molecule has 0 aromatic carbocycles. The van der Waals surface area contributed by atoms with Crippen molar-refractivity contribution in [2.24, 2.45) is 5.92 Å². The van der Waals surface area contributed by atoms with E-state index in [2.05, 4.69) is 30.5 Å². The van der Waals surface area contributed by atoms with Gasteiger partial charge in [0.2, 0.25) is 5.95 Å². The van der Waals surface area contributed by atoms with Crippen molar-refractivity contribution < 1.29 is 9.59 Å². The van der Waals surface area contributed by atoms with Gasteiger partial charge in [-0.15, -0.1) is 0 Å². The van der Waals surface area contributed by atoms with Crippen LogP contribution in [-0.2, 0) is 11.3 Å². The van der Waals surface area contributed by atoms with Gasteiger partial charge in [-0.2, -0.15) is 0 Å². The smallest absolute Gasteiger partial charge is 0.290 e. The molecule has 150 valence electrons. The number of piperidine rings is 1. The van der Waals surface area contributed by atoms with Crippen LogP contribution in [0.1, 0.15) is 24.1 Å². The van der Waals surface area contributed by atoms with Gasteiger partial charge < -0.3 is 10.2 Å². The molecule has 2 N–H and O–H groups in total. The second kappa shape index (κ2) is 9.15. The number of aromatic nitrogens is 3. The fourth-order valence-electron chi connectivity index (χ4n) is 3.41. The number of nitrogens with zero attached hydrogens (tertiary/aromatic N) is 4. The summed E-state index contributed by atoms with van der Waals surface area (Å²) < 4.78 is 0. The van der Waals surface area contributed by atoms with Crippen LogP contribution in [0.3, 0.4) is 0 Å². The maximum Gasteiger partial charge on any atom is 0.290 e. The highest BCUT2D eigenvalue weighted by Crippen LogP contribution is 2.26. The van der Waals surface area contributed by atoms with Crippen LogP contribution < -0.4 is 15.5 Å². The molecule has 29 heavy (non-hydrogen) atoms. The van der Waals surface area contributed by atoms with E-state index in [4.69, 9.17) is 0 Å². The van der Waals surface area contributed by atoms with Crippen molar-refractivity contribution in [1.82, 2.24) is 25.6 Å². The van der Waals surface area contributed by atoms with Gasteiger partial charge in [-0.1, -0.05) is 0 Å². The van der Waals surface area contributed by atoms with E-state index in [0.29, 0.717) is 22.5 Å². The van der Waals surface area contributed by atoms with E-state index in [9.17, 15) is 9.59 Å². The lowest BCUT2D eigenvalue weighted by atomic mass is 9.97. The molecule has 2 saturated heterocycles. The standard InChI is InChI=1S/C20H22N6O2S/c27-18-17(29-20(28)25-18)11-16-3-8-23-19(24-16)26-9-4-15(5-10-26)13-22-12-14-1-6-21-7-2-14/h1-3,6-8,11,15,22H,4-5,9-10,12-13H2,(H,25,27,28)/b17-11+. The molecule has 4 heterocycles. The van der Waals surface area contributed by atoms with E-state index in [1.165, 1.54) is 5.56 Å². The minimum atomic E-state index is -0.375. The summed E-state index contributed by atoms with van der Waals surface area (Å²) in [5.41, 5.74) is 1.87. The number of hydrogen-bond acceptors (Lipinski definition) is 8. The number of pyridine rings is 1. The molecule has 0 spiro atoms. The van der Waals surface area contributed by atoms with Crippen molar-refractivity contribution >= 4 is 34.9 Å². The minimum absolute atomic E-state index is 0.352. The summed E-state index contributed by atoms with van der Waals surface area (Å²) in [5, 5.41) is 5.43. The molecule has 0 radical (unpaired) electrons. The summed E-state index contributed by atoms with van der Waals surface area (Å²) in [6, 6.07) is 5.79. The van der Waals surface area contributed by atoms with Crippen LogP contribution in [0.15, 0.2) is 41.7 Å². The number of rotatable bonds is 6. The molecule has 2 amide bonds. The Morgan fingerprint density at radius 3 is 2.69 bits per heavy atom. The molecule has 0 unspecified atom stereocenters. The van der Waals surface area contributed by atoms with Gasteiger partial charge in [-0.25, -0.2) is 9.97 Å². The van der Waals surface area contributed by atoms with Gasteiger partial charge in [0, 0.05) is 38.2 Å². The number of nitrogens with one attached hydrogen (secondary N) is 2. The molecular formula is C20H22N6O2S. The van der Waals surface area contributed by atoms with Gasteiger partial charge in [-0.05, 0) is 66.9 Å². The van der Waals surface area contributed by atoms with Gasteiger partial charge in [0.25, 0.3) is 11.1 Å². The topological polar surface area (TPSA) is 100 Å². The van der Waals surface area contributed by atoms with Gasteiger partial charge in [0.15, 0.2) is 0 Å². The zero-order valence-corrected chi connectivity index (χ0v) is 16.7. The van der Waals surface area contributed by atoms with Crippen molar-refractivity contribution in [2.45, 2.75) is 19.4 Å². The first-order valence-electron chi connectivity index (χ1n) is 9.60. The number of thioether (sulfide) groups is 1. The molecular weight excluding hydrogens is 388 g/mol. The normalized spacial score (nSPS) is 19.0. The molecule has 8 nitrogen and oxygen atoms in total. The van der Waals surface area contributed by atoms with Crippen LogP contribution in [0.4, 0.5) is 10.7 Å². The maximum atomic E-state index is 11.7. The summed E-state index contributed by atoms with van der Waals surface area (Å²) in [7, 11) is 0. The highest BCUT2D eigenvalue weighted by Gasteiger charge is 2.25. The Balaban J connectivity index is 1.29. The van der Waals surface area contributed by atoms with Crippen molar-refractivity contribution in [3.05, 3.63) is 53.0 Å². The third kappa shape index (κ3) is 5.18. The Morgan fingerprint density at radius 2 is 1.97 bits per heavy atom. The Labute approximate surface area is 173 Å². The molecule has 0 bridgehead atoms. The maximum absolute atomic E-state index is 11.7. The second-order valence-corrected chi connectivity index (χ2v) is 8.07. The summed E-state index contributed by atoms with van der Waals surface area (Å²) >= 11 is 0.893. The Morgan fingerprint density at radius 1 is 1.17 bits per heavy atom. The first-order chi connectivity index (χ1) is 14.2. The first kappa shape index (κ1) is 19.5. The predicted molar refractivity (Wildman–Crippen MR) is 112 cm³/mol. The van der Waals surface area contributed by atoms with Crippen molar-refractivity contribution in [3.63, 3.8) is 0 Å². The summed E-state index contributed by atoms with van der Waals surface area (Å²) in [6.45, 7) is 3.64. The fraction of sp³-hybridized carbons (Fsp3) is 0.350. The molecule has 2 aromatic heterocycles. The van der Waals surface area contributed by atoms with Crippen LogP contribution in [0.2, 0.25) is 0 Å². The number of imide groups is 1. The van der Waals surface area contributed by atoms with Crippen molar-refractivity contribution in [1.29, 1.82) is 0 Å². The molecule has 0 atom stereocenters.